The van der Waals surface area contributed by atoms with Crippen LogP contribution in [-0.2, 0) is 6.42 Å². The zero-order valence-electron chi connectivity index (χ0n) is 7.32. The third kappa shape index (κ3) is 2.08. The second-order valence-corrected chi connectivity index (χ2v) is 2.90. The van der Waals surface area contributed by atoms with E-state index in [4.69, 9.17) is 0 Å². The van der Waals surface area contributed by atoms with Crippen molar-refractivity contribution in [1.82, 2.24) is 9.97 Å². The molecule has 3 heteroatoms. The molecule has 0 bridgehead atoms. The number of rotatable bonds is 0. The molecule has 12 heavy (non-hydrogen) atoms. The molecule has 0 saturated heterocycles. The molecule has 0 N–H and O–H groups in total. The Morgan fingerprint density at radius 1 is 1.25 bits per heavy atom. The number of nitrogens with zero attached hydrogens (tertiary/aromatic N) is 2. The predicted octanol–water partition coefficient (Wildman–Crippen LogP) is 2.66. The lowest BCUT2D eigenvalue weighted by atomic mass is 10.3. The van der Waals surface area contributed by atoms with E-state index in [9.17, 15) is 0 Å². The van der Waals surface area contributed by atoms with Gasteiger partial charge in [0.15, 0.2) is 0 Å². The lowest BCUT2D eigenvalue weighted by Crippen LogP contribution is -1.95. The molecule has 2 heterocycles. The third-order valence-electron chi connectivity index (χ3n) is 1.32. The number of aromatic nitrogens is 2. The van der Waals surface area contributed by atoms with Crippen LogP contribution in [0.1, 0.15) is 19.5 Å². The van der Waals surface area contributed by atoms with Crippen LogP contribution in [0, 0.1) is 0 Å². The largest absolute Gasteiger partial charge is 0.257 e. The number of fused-ring (bicyclic) bond motifs is 1. The third-order valence-corrected chi connectivity index (χ3v) is 2.22. The van der Waals surface area contributed by atoms with Gasteiger partial charge in [-0.3, -0.25) is 4.98 Å². The van der Waals surface area contributed by atoms with Crippen molar-refractivity contribution in [2.24, 2.45) is 0 Å². The topological polar surface area (TPSA) is 25.8 Å². The van der Waals surface area contributed by atoms with Crippen molar-refractivity contribution >= 4 is 11.8 Å². The Morgan fingerprint density at radius 3 is 2.75 bits per heavy atom. The van der Waals surface area contributed by atoms with E-state index in [2.05, 4.69) is 21.5 Å². The van der Waals surface area contributed by atoms with E-state index in [-0.39, 0.29) is 0 Å². The number of hydrogen-bond donors (Lipinski definition) is 0. The minimum absolute atomic E-state index is 0.927. The van der Waals surface area contributed by atoms with Gasteiger partial charge in [-0.15, -0.1) is 0 Å². The van der Waals surface area contributed by atoms with E-state index in [0.717, 1.165) is 17.1 Å². The van der Waals surface area contributed by atoms with E-state index in [1.165, 1.54) is 0 Å². The summed E-state index contributed by atoms with van der Waals surface area (Å²) in [4.78, 5) is 8.35. The number of thioether (sulfide) groups is 1. The lowest BCUT2D eigenvalue weighted by Gasteiger charge is -2.05. The van der Waals surface area contributed by atoms with Crippen LogP contribution < -0.4 is 0 Å². The monoisotopic (exact) mass is 180 g/mol. The van der Waals surface area contributed by atoms with E-state index in [0.29, 0.717) is 0 Å². The maximum atomic E-state index is 4.18. The van der Waals surface area contributed by atoms with Gasteiger partial charge in [-0.25, -0.2) is 4.98 Å². The molecule has 1 aromatic heterocycles. The fourth-order valence-corrected chi connectivity index (χ4v) is 1.58. The maximum absolute atomic E-state index is 4.18. The van der Waals surface area contributed by atoms with Crippen LogP contribution in [0.4, 0.5) is 0 Å². The summed E-state index contributed by atoms with van der Waals surface area (Å²) in [7, 11) is 0. The van der Waals surface area contributed by atoms with Gasteiger partial charge in [0, 0.05) is 18.8 Å². The molecule has 0 unspecified atom stereocenters. The van der Waals surface area contributed by atoms with Crippen molar-refractivity contribution < 1.29 is 0 Å². The first-order valence-electron chi connectivity index (χ1n) is 4.08. The summed E-state index contributed by atoms with van der Waals surface area (Å²) in [6.45, 7) is 4.00. The SMILES string of the molecule is C1=CSc2nccnc2C1.CC. The molecule has 0 fully saturated rings. The summed E-state index contributed by atoms with van der Waals surface area (Å²) in [6, 6.07) is 0. The standard InChI is InChI=1S/C7H6N2S.C2H6/c1-2-6-7(10-5-1)9-4-3-8-6;1-2/h1,3-5H,2H2;1-2H3. The van der Waals surface area contributed by atoms with Gasteiger partial charge in [-0.05, 0) is 5.41 Å². The highest BCUT2D eigenvalue weighted by atomic mass is 32.2. The Kier molecular flexibility index (Phi) is 3.80. The van der Waals surface area contributed by atoms with Gasteiger partial charge in [0.05, 0.1) is 5.69 Å². The highest BCUT2D eigenvalue weighted by molar-refractivity contribution is 8.02. The molecule has 1 aliphatic rings. The van der Waals surface area contributed by atoms with Crippen LogP contribution in [0.25, 0.3) is 0 Å². The first-order chi connectivity index (χ1) is 5.97. The second kappa shape index (κ2) is 4.93. The predicted molar refractivity (Wildman–Crippen MR) is 52.1 cm³/mol. The number of allylic oxidation sites excluding steroid dienone is 1. The molecule has 0 spiro atoms. The Morgan fingerprint density at radius 2 is 2.00 bits per heavy atom. The Balaban J connectivity index is 0.000000336. The Bertz CT molecular complexity index is 244. The van der Waals surface area contributed by atoms with Crippen molar-refractivity contribution in [3.8, 4) is 0 Å². The summed E-state index contributed by atoms with van der Waals surface area (Å²) in [5.41, 5.74) is 1.09. The molecular formula is C9H12N2S. The van der Waals surface area contributed by atoms with Crippen LogP contribution >= 0.6 is 11.8 Å². The molecule has 0 aliphatic carbocycles. The minimum atomic E-state index is 0.927. The van der Waals surface area contributed by atoms with Gasteiger partial charge in [-0.2, -0.15) is 0 Å². The van der Waals surface area contributed by atoms with Gasteiger partial charge in [0.25, 0.3) is 0 Å². The quantitative estimate of drug-likeness (QED) is 0.614. The van der Waals surface area contributed by atoms with Crippen LogP contribution in [0.2, 0.25) is 0 Å². The van der Waals surface area contributed by atoms with Crippen LogP contribution in [0.15, 0.2) is 28.9 Å². The van der Waals surface area contributed by atoms with Crippen molar-refractivity contribution in [1.29, 1.82) is 0 Å². The van der Waals surface area contributed by atoms with Gasteiger partial charge in [0.2, 0.25) is 0 Å². The van der Waals surface area contributed by atoms with Crippen LogP contribution in [0.5, 0.6) is 0 Å². The van der Waals surface area contributed by atoms with E-state index in [1.807, 2.05) is 13.8 Å². The van der Waals surface area contributed by atoms with E-state index >= 15 is 0 Å². The lowest BCUT2D eigenvalue weighted by molar-refractivity contribution is 0.942. The first kappa shape index (κ1) is 9.26. The minimum Gasteiger partial charge on any atom is -0.257 e. The van der Waals surface area contributed by atoms with Crippen molar-refractivity contribution in [3.05, 3.63) is 29.6 Å². The average Bonchev–Trinajstić information content (AvgIpc) is 2.21. The molecule has 2 rings (SSSR count). The molecule has 64 valence electrons. The van der Waals surface area contributed by atoms with Gasteiger partial charge in [0.1, 0.15) is 5.03 Å². The normalized spacial score (nSPS) is 12.8. The van der Waals surface area contributed by atoms with Gasteiger partial charge < -0.3 is 0 Å². The molecule has 0 amide bonds. The zero-order valence-corrected chi connectivity index (χ0v) is 8.14. The molecule has 0 atom stereocenters. The number of hydrogen-bond acceptors (Lipinski definition) is 3. The van der Waals surface area contributed by atoms with Gasteiger partial charge >= 0.3 is 0 Å². The Labute approximate surface area is 77.1 Å². The molecule has 0 radical (unpaired) electrons. The molecule has 2 nitrogen and oxygen atoms in total. The molecule has 1 aliphatic heterocycles. The maximum Gasteiger partial charge on any atom is 0.122 e. The fraction of sp³-hybridized carbons (Fsp3) is 0.333. The molecule has 0 aromatic carbocycles. The van der Waals surface area contributed by atoms with E-state index in [1.54, 1.807) is 24.2 Å². The summed E-state index contributed by atoms with van der Waals surface area (Å²) in [5, 5.41) is 3.10. The summed E-state index contributed by atoms with van der Waals surface area (Å²) < 4.78 is 0. The highest BCUT2D eigenvalue weighted by Gasteiger charge is 2.05. The first-order valence-corrected chi connectivity index (χ1v) is 4.96. The summed E-state index contributed by atoms with van der Waals surface area (Å²) >= 11 is 1.63. The van der Waals surface area contributed by atoms with Crippen molar-refractivity contribution in [2.75, 3.05) is 0 Å². The van der Waals surface area contributed by atoms with Crippen LogP contribution in [-0.4, -0.2) is 9.97 Å². The molecule has 0 saturated carbocycles. The van der Waals surface area contributed by atoms with Crippen molar-refractivity contribution in [3.63, 3.8) is 0 Å². The molecular weight excluding hydrogens is 168 g/mol. The van der Waals surface area contributed by atoms with E-state index < -0.39 is 0 Å². The Hall–Kier alpha value is -0.830. The van der Waals surface area contributed by atoms with Crippen molar-refractivity contribution in [2.45, 2.75) is 25.3 Å². The zero-order chi connectivity index (χ0) is 8.81. The van der Waals surface area contributed by atoms with Gasteiger partial charge in [-0.1, -0.05) is 31.7 Å². The highest BCUT2D eigenvalue weighted by Crippen LogP contribution is 2.23. The molecule has 1 aromatic rings. The summed E-state index contributed by atoms with van der Waals surface area (Å²) in [5.74, 6) is 0. The average molecular weight is 180 g/mol. The second-order valence-electron chi connectivity index (χ2n) is 2.00. The van der Waals surface area contributed by atoms with Crippen LogP contribution in [0.3, 0.4) is 0 Å². The summed E-state index contributed by atoms with van der Waals surface area (Å²) in [6.07, 6.45) is 6.49. The smallest absolute Gasteiger partial charge is 0.122 e. The fourth-order valence-electron chi connectivity index (χ4n) is 0.865.